The lowest BCUT2D eigenvalue weighted by atomic mass is 10.2. The SMILES string of the molecule is CCCCOc1ccc(C(=O)NNC(=O)c2ccc(F)cc2)cc1OC. The number of nitrogens with one attached hydrogen (secondary N) is 2. The van der Waals surface area contributed by atoms with Gasteiger partial charge in [0.05, 0.1) is 13.7 Å². The van der Waals surface area contributed by atoms with Gasteiger partial charge < -0.3 is 9.47 Å². The summed E-state index contributed by atoms with van der Waals surface area (Å²) in [7, 11) is 1.49. The number of carbonyl (C=O) groups is 2. The minimum absolute atomic E-state index is 0.226. The molecule has 2 N–H and O–H groups in total. The highest BCUT2D eigenvalue weighted by Gasteiger charge is 2.13. The summed E-state index contributed by atoms with van der Waals surface area (Å²) in [5.74, 6) is -0.533. The zero-order valence-corrected chi connectivity index (χ0v) is 14.7. The van der Waals surface area contributed by atoms with Gasteiger partial charge in [-0.15, -0.1) is 0 Å². The number of unbranched alkanes of at least 4 members (excludes halogenated alkanes) is 1. The number of halogens is 1. The lowest BCUT2D eigenvalue weighted by Crippen LogP contribution is -2.41. The fourth-order valence-corrected chi connectivity index (χ4v) is 2.11. The van der Waals surface area contributed by atoms with Crippen LogP contribution < -0.4 is 20.3 Å². The Morgan fingerprint density at radius 1 is 0.962 bits per heavy atom. The van der Waals surface area contributed by atoms with E-state index in [1.54, 1.807) is 12.1 Å². The second-order valence-corrected chi connectivity index (χ2v) is 5.48. The maximum Gasteiger partial charge on any atom is 0.269 e. The van der Waals surface area contributed by atoms with E-state index in [4.69, 9.17) is 9.47 Å². The Hall–Kier alpha value is -3.09. The van der Waals surface area contributed by atoms with Gasteiger partial charge >= 0.3 is 0 Å². The van der Waals surface area contributed by atoms with E-state index in [9.17, 15) is 14.0 Å². The third-order valence-electron chi connectivity index (χ3n) is 3.58. The predicted molar refractivity (Wildman–Crippen MR) is 94.7 cm³/mol. The monoisotopic (exact) mass is 360 g/mol. The van der Waals surface area contributed by atoms with Gasteiger partial charge in [0.2, 0.25) is 0 Å². The molecule has 0 aliphatic carbocycles. The molecule has 0 unspecified atom stereocenters. The van der Waals surface area contributed by atoms with Gasteiger partial charge in [-0.25, -0.2) is 4.39 Å². The highest BCUT2D eigenvalue weighted by atomic mass is 19.1. The fraction of sp³-hybridized carbons (Fsp3) is 0.263. The summed E-state index contributed by atoms with van der Waals surface area (Å²) in [6.07, 6.45) is 1.93. The molecule has 2 aromatic rings. The minimum atomic E-state index is -0.551. The number of methoxy groups -OCH3 is 1. The minimum Gasteiger partial charge on any atom is -0.493 e. The van der Waals surface area contributed by atoms with Crippen LogP contribution >= 0.6 is 0 Å². The summed E-state index contributed by atoms with van der Waals surface area (Å²) < 4.78 is 23.7. The molecule has 0 aromatic heterocycles. The van der Waals surface area contributed by atoms with Gasteiger partial charge in [-0.05, 0) is 48.9 Å². The average Bonchev–Trinajstić information content (AvgIpc) is 2.66. The molecule has 6 nitrogen and oxygen atoms in total. The molecule has 7 heteroatoms. The number of rotatable bonds is 7. The lowest BCUT2D eigenvalue weighted by Gasteiger charge is -2.12. The van der Waals surface area contributed by atoms with Crippen molar-refractivity contribution >= 4 is 11.8 Å². The van der Waals surface area contributed by atoms with E-state index < -0.39 is 17.6 Å². The van der Waals surface area contributed by atoms with Crippen molar-refractivity contribution in [2.24, 2.45) is 0 Å². The number of benzene rings is 2. The molecular weight excluding hydrogens is 339 g/mol. The fourth-order valence-electron chi connectivity index (χ4n) is 2.11. The zero-order chi connectivity index (χ0) is 18.9. The first-order valence-electron chi connectivity index (χ1n) is 8.22. The number of hydrogen-bond acceptors (Lipinski definition) is 4. The predicted octanol–water partition coefficient (Wildman–Crippen LogP) is 3.09. The van der Waals surface area contributed by atoms with Gasteiger partial charge in [0.15, 0.2) is 11.5 Å². The average molecular weight is 360 g/mol. The van der Waals surface area contributed by atoms with Crippen molar-refractivity contribution in [3.05, 3.63) is 59.4 Å². The molecule has 0 heterocycles. The zero-order valence-electron chi connectivity index (χ0n) is 14.7. The van der Waals surface area contributed by atoms with E-state index in [2.05, 4.69) is 17.8 Å². The molecule has 0 spiro atoms. The van der Waals surface area contributed by atoms with Gasteiger partial charge in [-0.2, -0.15) is 0 Å². The molecular formula is C19H21FN2O4. The third-order valence-corrected chi connectivity index (χ3v) is 3.58. The Kier molecular flexibility index (Phi) is 6.96. The summed E-state index contributed by atoms with van der Waals surface area (Å²) in [5.41, 5.74) is 5.11. The first-order chi connectivity index (χ1) is 12.5. The summed E-state index contributed by atoms with van der Waals surface area (Å²) in [5, 5.41) is 0. The molecule has 0 fully saturated rings. The van der Waals surface area contributed by atoms with E-state index >= 15 is 0 Å². The molecule has 138 valence electrons. The van der Waals surface area contributed by atoms with Gasteiger partial charge in [0, 0.05) is 11.1 Å². The Morgan fingerprint density at radius 3 is 2.19 bits per heavy atom. The Labute approximate surface area is 151 Å². The van der Waals surface area contributed by atoms with Gasteiger partial charge in [-0.1, -0.05) is 13.3 Å². The van der Waals surface area contributed by atoms with E-state index in [1.165, 1.54) is 37.4 Å². The largest absolute Gasteiger partial charge is 0.493 e. The molecule has 0 aliphatic heterocycles. The van der Waals surface area contributed by atoms with E-state index in [0.717, 1.165) is 12.8 Å². The number of amides is 2. The van der Waals surface area contributed by atoms with Gasteiger partial charge in [0.25, 0.3) is 11.8 Å². The van der Waals surface area contributed by atoms with E-state index in [1.807, 2.05) is 0 Å². The molecule has 0 atom stereocenters. The molecule has 0 bridgehead atoms. The first kappa shape index (κ1) is 19.2. The topological polar surface area (TPSA) is 76.7 Å². The lowest BCUT2D eigenvalue weighted by molar-refractivity contribution is 0.0846. The van der Waals surface area contributed by atoms with Crippen molar-refractivity contribution < 1.29 is 23.5 Å². The van der Waals surface area contributed by atoms with E-state index in [0.29, 0.717) is 23.7 Å². The number of hydrogen-bond donors (Lipinski definition) is 2. The molecule has 2 aromatic carbocycles. The first-order valence-corrected chi connectivity index (χ1v) is 8.22. The van der Waals surface area contributed by atoms with Crippen molar-refractivity contribution in [1.82, 2.24) is 10.9 Å². The van der Waals surface area contributed by atoms with Crippen LogP contribution in [0.25, 0.3) is 0 Å². The van der Waals surface area contributed by atoms with Crippen LogP contribution in [0.5, 0.6) is 11.5 Å². The standard InChI is InChI=1S/C19H21FN2O4/c1-3-4-11-26-16-10-7-14(12-17(16)25-2)19(24)22-21-18(23)13-5-8-15(20)9-6-13/h5-10,12H,3-4,11H2,1-2H3,(H,21,23)(H,22,24). The number of ether oxygens (including phenoxy) is 2. The molecule has 2 amide bonds. The maximum atomic E-state index is 12.9. The third kappa shape index (κ3) is 5.20. The van der Waals surface area contributed by atoms with Crippen LogP contribution in [0.4, 0.5) is 4.39 Å². The molecule has 0 radical (unpaired) electrons. The summed E-state index contributed by atoms with van der Waals surface area (Å²) in [6.45, 7) is 2.63. The highest BCUT2D eigenvalue weighted by molar-refractivity contribution is 5.99. The number of carbonyl (C=O) groups excluding carboxylic acids is 2. The van der Waals surface area contributed by atoms with Crippen LogP contribution in [0, 0.1) is 5.82 Å². The van der Waals surface area contributed by atoms with Crippen LogP contribution in [-0.4, -0.2) is 25.5 Å². The summed E-state index contributed by atoms with van der Waals surface area (Å²) in [4.78, 5) is 24.1. The molecule has 0 saturated carbocycles. The smallest absolute Gasteiger partial charge is 0.269 e. The summed E-state index contributed by atoms with van der Waals surface area (Å²) >= 11 is 0. The number of hydrazine groups is 1. The van der Waals surface area contributed by atoms with Crippen LogP contribution in [0.3, 0.4) is 0 Å². The Morgan fingerprint density at radius 2 is 1.58 bits per heavy atom. The molecule has 2 rings (SSSR count). The van der Waals surface area contributed by atoms with Crippen LogP contribution in [-0.2, 0) is 0 Å². The second kappa shape index (κ2) is 9.41. The Balaban J connectivity index is 1.98. The quantitative estimate of drug-likeness (QED) is 0.588. The van der Waals surface area contributed by atoms with Crippen molar-refractivity contribution in [2.75, 3.05) is 13.7 Å². The molecule has 0 saturated heterocycles. The van der Waals surface area contributed by atoms with Gasteiger partial charge in [0.1, 0.15) is 5.82 Å². The van der Waals surface area contributed by atoms with E-state index in [-0.39, 0.29) is 5.56 Å². The Bertz CT molecular complexity index is 763. The van der Waals surface area contributed by atoms with Crippen molar-refractivity contribution in [3.63, 3.8) is 0 Å². The van der Waals surface area contributed by atoms with Crippen LogP contribution in [0.1, 0.15) is 40.5 Å². The molecule has 0 aliphatic rings. The summed E-state index contributed by atoms with van der Waals surface area (Å²) in [6, 6.07) is 9.72. The van der Waals surface area contributed by atoms with Crippen LogP contribution in [0.2, 0.25) is 0 Å². The van der Waals surface area contributed by atoms with Crippen LogP contribution in [0.15, 0.2) is 42.5 Å². The molecule has 26 heavy (non-hydrogen) atoms. The normalized spacial score (nSPS) is 10.1. The highest BCUT2D eigenvalue weighted by Crippen LogP contribution is 2.28. The second-order valence-electron chi connectivity index (χ2n) is 5.48. The maximum absolute atomic E-state index is 12.9. The van der Waals surface area contributed by atoms with Gasteiger partial charge in [-0.3, -0.25) is 20.4 Å². The van der Waals surface area contributed by atoms with Crippen molar-refractivity contribution in [1.29, 1.82) is 0 Å². The van der Waals surface area contributed by atoms with Crippen molar-refractivity contribution in [3.8, 4) is 11.5 Å². The van der Waals surface area contributed by atoms with Crippen molar-refractivity contribution in [2.45, 2.75) is 19.8 Å².